The van der Waals surface area contributed by atoms with Crippen molar-refractivity contribution in [3.05, 3.63) is 53.5 Å². The molecular weight excluding hydrogens is 347 g/mol. The third kappa shape index (κ3) is 4.32. The van der Waals surface area contributed by atoms with E-state index in [4.69, 9.17) is 10.5 Å². The Morgan fingerprint density at radius 3 is 2.54 bits per heavy atom. The molecule has 1 aromatic heterocycles. The largest absolute Gasteiger partial charge is 0.438 e. The second kappa shape index (κ2) is 7.74. The Bertz CT molecular complexity index is 808. The van der Waals surface area contributed by atoms with Crippen LogP contribution in [0, 0.1) is 17.5 Å². The summed E-state index contributed by atoms with van der Waals surface area (Å²) in [6.45, 7) is 0. The summed E-state index contributed by atoms with van der Waals surface area (Å²) in [7, 11) is 0. The van der Waals surface area contributed by atoms with Crippen LogP contribution in [0.5, 0.6) is 11.6 Å². The Labute approximate surface area is 148 Å². The van der Waals surface area contributed by atoms with Gasteiger partial charge in [0.2, 0.25) is 5.88 Å². The topological polar surface area (TPSA) is 77.2 Å². The normalized spacial score (nSPS) is 19.8. The fourth-order valence-corrected chi connectivity index (χ4v) is 2.85. The average Bonchev–Trinajstić information content (AvgIpc) is 2.61. The molecule has 0 unspecified atom stereocenters. The van der Waals surface area contributed by atoms with E-state index >= 15 is 0 Å². The third-order valence-corrected chi connectivity index (χ3v) is 4.28. The minimum Gasteiger partial charge on any atom is -0.438 e. The maximum absolute atomic E-state index is 13.6. The number of pyridine rings is 1. The third-order valence-electron chi connectivity index (χ3n) is 4.28. The van der Waals surface area contributed by atoms with Crippen molar-refractivity contribution in [1.82, 2.24) is 10.3 Å². The number of carbonyl (C=O) groups excluding carboxylic acids is 1. The number of nitrogens with zero attached hydrogens (tertiary/aromatic N) is 1. The Balaban J connectivity index is 1.78. The summed E-state index contributed by atoms with van der Waals surface area (Å²) in [6, 6.07) is 3.96. The van der Waals surface area contributed by atoms with Gasteiger partial charge in [0.1, 0.15) is 17.1 Å². The van der Waals surface area contributed by atoms with Crippen molar-refractivity contribution >= 4 is 5.91 Å². The molecule has 3 N–H and O–H groups in total. The van der Waals surface area contributed by atoms with E-state index in [-0.39, 0.29) is 29.3 Å². The first-order valence-corrected chi connectivity index (χ1v) is 8.27. The van der Waals surface area contributed by atoms with Gasteiger partial charge in [0.25, 0.3) is 5.91 Å². The van der Waals surface area contributed by atoms with Crippen LogP contribution in [-0.4, -0.2) is 23.0 Å². The predicted molar refractivity (Wildman–Crippen MR) is 88.3 cm³/mol. The molecule has 0 aliphatic heterocycles. The standard InChI is InChI=1S/C18H18F3N3O2/c19-10-7-14(17(25)24-12-3-1-11(22)2-4-12)18(23-9-10)26-13-5-6-15(20)16(21)8-13/h5-9,11-12H,1-4,22H2,(H,24,25). The van der Waals surface area contributed by atoms with Crippen LogP contribution in [0.4, 0.5) is 13.2 Å². The smallest absolute Gasteiger partial charge is 0.257 e. The van der Waals surface area contributed by atoms with E-state index in [1.54, 1.807) is 0 Å². The summed E-state index contributed by atoms with van der Waals surface area (Å²) < 4.78 is 45.3. The van der Waals surface area contributed by atoms with Crippen LogP contribution < -0.4 is 15.8 Å². The molecule has 138 valence electrons. The number of ether oxygens (including phenoxy) is 1. The first-order chi connectivity index (χ1) is 12.4. The van der Waals surface area contributed by atoms with Crippen LogP contribution in [-0.2, 0) is 0 Å². The zero-order valence-electron chi connectivity index (χ0n) is 13.8. The number of aromatic nitrogens is 1. The van der Waals surface area contributed by atoms with Gasteiger partial charge in [-0.15, -0.1) is 0 Å². The predicted octanol–water partition coefficient (Wildman–Crippen LogP) is 3.29. The fourth-order valence-electron chi connectivity index (χ4n) is 2.85. The van der Waals surface area contributed by atoms with Crippen molar-refractivity contribution in [3.8, 4) is 11.6 Å². The highest BCUT2D eigenvalue weighted by Crippen LogP contribution is 2.26. The first-order valence-electron chi connectivity index (χ1n) is 8.27. The summed E-state index contributed by atoms with van der Waals surface area (Å²) in [4.78, 5) is 16.3. The Hall–Kier alpha value is -2.61. The fraction of sp³-hybridized carbons (Fsp3) is 0.333. The molecule has 0 radical (unpaired) electrons. The van der Waals surface area contributed by atoms with Crippen LogP contribution in [0.15, 0.2) is 30.5 Å². The van der Waals surface area contributed by atoms with E-state index in [1.807, 2.05) is 0 Å². The van der Waals surface area contributed by atoms with Gasteiger partial charge in [-0.2, -0.15) is 0 Å². The lowest BCUT2D eigenvalue weighted by atomic mass is 9.91. The molecule has 8 heteroatoms. The van der Waals surface area contributed by atoms with Gasteiger partial charge in [0.15, 0.2) is 11.6 Å². The van der Waals surface area contributed by atoms with Gasteiger partial charge >= 0.3 is 0 Å². The zero-order chi connectivity index (χ0) is 18.7. The second-order valence-electron chi connectivity index (χ2n) is 6.27. The molecule has 1 fully saturated rings. The van der Waals surface area contributed by atoms with Gasteiger partial charge in [-0.3, -0.25) is 4.79 Å². The molecule has 2 aromatic rings. The van der Waals surface area contributed by atoms with Crippen LogP contribution >= 0.6 is 0 Å². The van der Waals surface area contributed by atoms with Gasteiger partial charge in [-0.25, -0.2) is 18.2 Å². The van der Waals surface area contributed by atoms with Crippen molar-refractivity contribution in [2.24, 2.45) is 5.73 Å². The number of halogens is 3. The molecule has 0 atom stereocenters. The molecule has 1 aromatic carbocycles. The molecule has 1 amide bonds. The van der Waals surface area contributed by atoms with Gasteiger partial charge in [-0.05, 0) is 43.9 Å². The number of nitrogens with two attached hydrogens (primary N) is 1. The first kappa shape index (κ1) is 18.2. The van der Waals surface area contributed by atoms with Gasteiger partial charge in [0.05, 0.1) is 6.20 Å². The molecule has 1 aliphatic rings. The second-order valence-corrected chi connectivity index (χ2v) is 6.27. The van der Waals surface area contributed by atoms with E-state index in [0.29, 0.717) is 0 Å². The number of carbonyl (C=O) groups is 1. The lowest BCUT2D eigenvalue weighted by Gasteiger charge is -2.26. The van der Waals surface area contributed by atoms with Gasteiger partial charge < -0.3 is 15.8 Å². The molecule has 1 aliphatic carbocycles. The monoisotopic (exact) mass is 365 g/mol. The number of hydrogen-bond acceptors (Lipinski definition) is 4. The van der Waals surface area contributed by atoms with Crippen molar-refractivity contribution in [3.63, 3.8) is 0 Å². The summed E-state index contributed by atoms with van der Waals surface area (Å²) in [5, 5.41) is 2.81. The van der Waals surface area contributed by atoms with E-state index < -0.39 is 23.4 Å². The molecule has 3 rings (SSSR count). The van der Waals surface area contributed by atoms with Crippen LogP contribution in [0.1, 0.15) is 36.0 Å². The molecule has 0 saturated heterocycles. The van der Waals surface area contributed by atoms with E-state index in [2.05, 4.69) is 10.3 Å². The number of nitrogens with one attached hydrogen (secondary N) is 1. The highest BCUT2D eigenvalue weighted by molar-refractivity contribution is 5.96. The average molecular weight is 365 g/mol. The van der Waals surface area contributed by atoms with Crippen LogP contribution in [0.2, 0.25) is 0 Å². The highest BCUT2D eigenvalue weighted by atomic mass is 19.2. The van der Waals surface area contributed by atoms with Gasteiger partial charge in [0, 0.05) is 18.2 Å². The SMILES string of the molecule is NC1CCC(NC(=O)c2cc(F)cnc2Oc2ccc(F)c(F)c2)CC1. The van der Waals surface area contributed by atoms with Gasteiger partial charge in [-0.1, -0.05) is 0 Å². The lowest BCUT2D eigenvalue weighted by Crippen LogP contribution is -2.40. The molecule has 1 saturated carbocycles. The Morgan fingerprint density at radius 2 is 1.85 bits per heavy atom. The molecule has 26 heavy (non-hydrogen) atoms. The molecule has 1 heterocycles. The summed E-state index contributed by atoms with van der Waals surface area (Å²) in [5.41, 5.74) is 5.72. The molecular formula is C18H18F3N3O2. The number of benzene rings is 1. The Kier molecular flexibility index (Phi) is 5.41. The van der Waals surface area contributed by atoms with Crippen LogP contribution in [0.25, 0.3) is 0 Å². The maximum atomic E-state index is 13.6. The summed E-state index contributed by atoms with van der Waals surface area (Å²) in [6.07, 6.45) is 3.94. The van der Waals surface area contributed by atoms with Crippen molar-refractivity contribution in [1.29, 1.82) is 0 Å². The quantitative estimate of drug-likeness (QED) is 0.872. The van der Waals surface area contributed by atoms with E-state index in [1.165, 1.54) is 6.07 Å². The Morgan fingerprint density at radius 1 is 1.12 bits per heavy atom. The summed E-state index contributed by atoms with van der Waals surface area (Å²) in [5.74, 6) is -3.64. The minimum atomic E-state index is -1.10. The maximum Gasteiger partial charge on any atom is 0.257 e. The molecule has 0 bridgehead atoms. The van der Waals surface area contributed by atoms with Crippen LogP contribution in [0.3, 0.4) is 0 Å². The minimum absolute atomic E-state index is 0.0549. The zero-order valence-corrected chi connectivity index (χ0v) is 13.8. The van der Waals surface area contributed by atoms with Crippen molar-refractivity contribution in [2.45, 2.75) is 37.8 Å². The highest BCUT2D eigenvalue weighted by Gasteiger charge is 2.23. The molecule has 0 spiro atoms. The molecule has 5 nitrogen and oxygen atoms in total. The van der Waals surface area contributed by atoms with E-state index in [0.717, 1.165) is 50.1 Å². The van der Waals surface area contributed by atoms with Crippen molar-refractivity contribution < 1.29 is 22.7 Å². The van der Waals surface area contributed by atoms with Crippen molar-refractivity contribution in [2.75, 3.05) is 0 Å². The number of rotatable bonds is 4. The van der Waals surface area contributed by atoms with E-state index in [9.17, 15) is 18.0 Å². The number of hydrogen-bond donors (Lipinski definition) is 2. The lowest BCUT2D eigenvalue weighted by molar-refractivity contribution is 0.0922. The summed E-state index contributed by atoms with van der Waals surface area (Å²) >= 11 is 0. The number of amides is 1.